The van der Waals surface area contributed by atoms with E-state index in [1.54, 1.807) is 13.8 Å². The van der Waals surface area contributed by atoms with E-state index < -0.39 is 45.2 Å². The summed E-state index contributed by atoms with van der Waals surface area (Å²) >= 11 is 0. The molecule has 2 aromatic rings. The Morgan fingerprint density at radius 1 is 1.15 bits per heavy atom. The Labute approximate surface area is 197 Å². The minimum Gasteiger partial charge on any atom is -0.355 e. The number of sulfonamides is 1. The van der Waals surface area contributed by atoms with Gasteiger partial charge in [-0.1, -0.05) is 25.1 Å². The first-order valence-corrected chi connectivity index (χ1v) is 12.4. The number of amides is 2. The van der Waals surface area contributed by atoms with Crippen molar-refractivity contribution in [2.45, 2.75) is 32.9 Å². The molecular formula is C22H27FN4O6S. The molecule has 10 nitrogen and oxygen atoms in total. The highest BCUT2D eigenvalue weighted by atomic mass is 32.2. The molecule has 184 valence electrons. The van der Waals surface area contributed by atoms with E-state index in [0.717, 1.165) is 16.6 Å². The molecule has 0 aliphatic heterocycles. The monoisotopic (exact) mass is 494 g/mol. The number of carbonyl (C=O) groups is 2. The summed E-state index contributed by atoms with van der Waals surface area (Å²) in [5.74, 6) is -1.58. The maximum atomic E-state index is 13.4. The lowest BCUT2D eigenvalue weighted by molar-refractivity contribution is -0.384. The molecule has 0 aromatic heterocycles. The fourth-order valence-corrected chi connectivity index (χ4v) is 4.21. The van der Waals surface area contributed by atoms with Gasteiger partial charge in [-0.05, 0) is 37.1 Å². The lowest BCUT2D eigenvalue weighted by Gasteiger charge is -2.32. The minimum absolute atomic E-state index is 0.0576. The van der Waals surface area contributed by atoms with Gasteiger partial charge in [-0.25, -0.2) is 12.8 Å². The topological polar surface area (TPSA) is 130 Å². The summed E-state index contributed by atoms with van der Waals surface area (Å²) in [4.78, 5) is 37.8. The molecule has 0 heterocycles. The lowest BCUT2D eigenvalue weighted by atomic mass is 10.1. The summed E-state index contributed by atoms with van der Waals surface area (Å²) in [7, 11) is -4.02. The zero-order chi connectivity index (χ0) is 25.5. The number of hydrogen-bond donors (Lipinski definition) is 1. The molecule has 2 aromatic carbocycles. The van der Waals surface area contributed by atoms with E-state index >= 15 is 0 Å². The van der Waals surface area contributed by atoms with E-state index in [1.807, 2.05) is 0 Å². The largest absolute Gasteiger partial charge is 0.355 e. The zero-order valence-corrected chi connectivity index (χ0v) is 19.9. The molecule has 0 saturated carbocycles. The third-order valence-electron chi connectivity index (χ3n) is 5.01. The average Bonchev–Trinajstić information content (AvgIpc) is 2.78. The number of nitrogens with zero attached hydrogens (tertiary/aromatic N) is 3. The Morgan fingerprint density at radius 3 is 2.32 bits per heavy atom. The fraction of sp³-hybridized carbons (Fsp3) is 0.364. The number of carbonyl (C=O) groups excluding carboxylic acids is 2. The van der Waals surface area contributed by atoms with Gasteiger partial charge in [-0.15, -0.1) is 0 Å². The van der Waals surface area contributed by atoms with Crippen molar-refractivity contribution in [3.63, 3.8) is 0 Å². The van der Waals surface area contributed by atoms with Gasteiger partial charge in [0, 0.05) is 25.2 Å². The van der Waals surface area contributed by atoms with Crippen molar-refractivity contribution in [1.82, 2.24) is 10.2 Å². The Bertz CT molecular complexity index is 1140. The zero-order valence-electron chi connectivity index (χ0n) is 19.1. The standard InChI is InChI=1S/C22H27FN4O6S/c1-4-20(22(29)24-5-2)25(14-16-9-11-17(23)12-10-16)21(28)15-26(34(3,32)33)18-7-6-8-19(13-18)27(30)31/h6-13,20H,4-5,14-15H2,1-3H3,(H,24,29)/t20-/m1/s1. The number of rotatable bonds is 11. The van der Waals surface area contributed by atoms with Crippen LogP contribution in [0.1, 0.15) is 25.8 Å². The molecule has 2 amide bonds. The van der Waals surface area contributed by atoms with Gasteiger partial charge in [-0.3, -0.25) is 24.0 Å². The van der Waals surface area contributed by atoms with E-state index in [0.29, 0.717) is 12.1 Å². The van der Waals surface area contributed by atoms with E-state index in [4.69, 9.17) is 0 Å². The van der Waals surface area contributed by atoms with Crippen molar-refractivity contribution >= 4 is 33.2 Å². The fourth-order valence-electron chi connectivity index (χ4n) is 3.37. The quantitative estimate of drug-likeness (QED) is 0.377. The van der Waals surface area contributed by atoms with Gasteiger partial charge in [0.15, 0.2) is 0 Å². The smallest absolute Gasteiger partial charge is 0.271 e. The molecule has 0 aliphatic carbocycles. The van der Waals surface area contributed by atoms with Crippen LogP contribution in [0.4, 0.5) is 15.8 Å². The van der Waals surface area contributed by atoms with Gasteiger partial charge in [0.05, 0.1) is 16.9 Å². The number of halogens is 1. The number of nitro groups is 1. The first-order chi connectivity index (χ1) is 16.0. The summed E-state index contributed by atoms with van der Waals surface area (Å²) in [6.07, 6.45) is 1.12. The third-order valence-corrected chi connectivity index (χ3v) is 6.15. The van der Waals surface area contributed by atoms with Crippen molar-refractivity contribution in [1.29, 1.82) is 0 Å². The number of anilines is 1. The summed E-state index contributed by atoms with van der Waals surface area (Å²) in [6.45, 7) is 3.01. The number of hydrogen-bond acceptors (Lipinski definition) is 6. The highest BCUT2D eigenvalue weighted by Crippen LogP contribution is 2.24. The van der Waals surface area contributed by atoms with Gasteiger partial charge >= 0.3 is 0 Å². The molecule has 0 spiro atoms. The van der Waals surface area contributed by atoms with Crippen LogP contribution in [-0.2, 0) is 26.2 Å². The maximum absolute atomic E-state index is 13.4. The van der Waals surface area contributed by atoms with E-state index in [1.165, 1.54) is 47.4 Å². The predicted molar refractivity (Wildman–Crippen MR) is 125 cm³/mol. The number of benzene rings is 2. The molecule has 0 fully saturated rings. The normalized spacial score (nSPS) is 12.0. The molecule has 34 heavy (non-hydrogen) atoms. The van der Waals surface area contributed by atoms with Crippen molar-refractivity contribution < 1.29 is 27.3 Å². The molecule has 0 radical (unpaired) electrons. The molecule has 2 rings (SSSR count). The summed E-state index contributed by atoms with van der Waals surface area (Å²) in [5.41, 5.74) is 0.145. The van der Waals surface area contributed by atoms with Gasteiger partial charge < -0.3 is 10.2 Å². The van der Waals surface area contributed by atoms with Crippen molar-refractivity contribution in [2.75, 3.05) is 23.7 Å². The predicted octanol–water partition coefficient (Wildman–Crippen LogP) is 2.44. The second-order valence-electron chi connectivity index (χ2n) is 7.51. The van der Waals surface area contributed by atoms with E-state index in [9.17, 15) is 32.5 Å². The second kappa shape index (κ2) is 11.5. The first-order valence-electron chi connectivity index (χ1n) is 10.5. The first kappa shape index (κ1) is 26.7. The van der Waals surface area contributed by atoms with Crippen LogP contribution < -0.4 is 9.62 Å². The second-order valence-corrected chi connectivity index (χ2v) is 9.42. The average molecular weight is 495 g/mol. The van der Waals surface area contributed by atoms with Gasteiger partial charge in [-0.2, -0.15) is 0 Å². The molecular weight excluding hydrogens is 467 g/mol. The van der Waals surface area contributed by atoms with E-state index in [2.05, 4.69) is 5.32 Å². The molecule has 0 saturated heterocycles. The summed E-state index contributed by atoms with van der Waals surface area (Å²) in [5, 5.41) is 13.8. The van der Waals surface area contributed by atoms with E-state index in [-0.39, 0.29) is 24.3 Å². The van der Waals surface area contributed by atoms with Crippen LogP contribution in [0.3, 0.4) is 0 Å². The summed E-state index contributed by atoms with van der Waals surface area (Å²) in [6, 6.07) is 9.37. The lowest BCUT2D eigenvalue weighted by Crippen LogP contribution is -2.52. The van der Waals surface area contributed by atoms with Gasteiger partial charge in [0.2, 0.25) is 21.8 Å². The maximum Gasteiger partial charge on any atom is 0.271 e. The molecule has 12 heteroatoms. The minimum atomic E-state index is -4.02. The number of non-ortho nitro benzene ring substituents is 1. The van der Waals surface area contributed by atoms with Crippen LogP contribution in [-0.4, -0.2) is 55.4 Å². The Kier molecular flexibility index (Phi) is 9.07. The summed E-state index contributed by atoms with van der Waals surface area (Å²) < 4.78 is 39.1. The van der Waals surface area contributed by atoms with Crippen molar-refractivity contribution in [3.8, 4) is 0 Å². The van der Waals surface area contributed by atoms with Crippen LogP contribution in [0.2, 0.25) is 0 Å². The van der Waals surface area contributed by atoms with Crippen molar-refractivity contribution in [3.05, 3.63) is 70.0 Å². The number of nitro benzene ring substituents is 1. The number of nitrogens with one attached hydrogen (secondary N) is 1. The molecule has 1 atom stereocenters. The highest BCUT2D eigenvalue weighted by Gasteiger charge is 2.31. The Balaban J connectivity index is 2.45. The van der Waals surface area contributed by atoms with Gasteiger partial charge in [0.25, 0.3) is 5.69 Å². The van der Waals surface area contributed by atoms with Crippen LogP contribution in [0.5, 0.6) is 0 Å². The van der Waals surface area contributed by atoms with Crippen LogP contribution in [0, 0.1) is 15.9 Å². The highest BCUT2D eigenvalue weighted by molar-refractivity contribution is 7.92. The molecule has 0 bridgehead atoms. The SMILES string of the molecule is CCNC(=O)[C@@H](CC)N(Cc1ccc(F)cc1)C(=O)CN(c1cccc([N+](=O)[O-])c1)S(C)(=O)=O. The third kappa shape index (κ3) is 6.98. The Hall–Kier alpha value is -3.54. The molecule has 0 unspecified atom stereocenters. The van der Waals surface area contributed by atoms with Crippen molar-refractivity contribution in [2.24, 2.45) is 0 Å². The van der Waals surface area contributed by atoms with Gasteiger partial charge in [0.1, 0.15) is 18.4 Å². The molecule has 0 aliphatic rings. The Morgan fingerprint density at radius 2 is 1.79 bits per heavy atom. The number of likely N-dealkylation sites (N-methyl/N-ethyl adjacent to an activating group) is 1. The van der Waals surface area contributed by atoms with Crippen LogP contribution in [0.25, 0.3) is 0 Å². The van der Waals surface area contributed by atoms with Crippen LogP contribution >= 0.6 is 0 Å². The molecule has 1 N–H and O–H groups in total. The van der Waals surface area contributed by atoms with Crippen LogP contribution in [0.15, 0.2) is 48.5 Å².